The lowest BCUT2D eigenvalue weighted by molar-refractivity contribution is -0.384. The third-order valence-electron chi connectivity index (χ3n) is 3.56. The quantitative estimate of drug-likeness (QED) is 0.436. The van der Waals surface area contributed by atoms with Crippen molar-refractivity contribution >= 4 is 34.0 Å². The van der Waals surface area contributed by atoms with E-state index in [1.807, 2.05) is 0 Å². The summed E-state index contributed by atoms with van der Waals surface area (Å²) in [7, 11) is 0. The Hall–Kier alpha value is -3.48. The Morgan fingerprint density at radius 1 is 1.12 bits per heavy atom. The van der Waals surface area contributed by atoms with Crippen LogP contribution in [0.1, 0.15) is 23.0 Å². The van der Waals surface area contributed by atoms with Gasteiger partial charge in [-0.3, -0.25) is 19.7 Å². The number of nitro benzene ring substituents is 1. The summed E-state index contributed by atoms with van der Waals surface area (Å²) in [5, 5.41) is 14.1. The van der Waals surface area contributed by atoms with Crippen LogP contribution in [-0.4, -0.2) is 21.6 Å². The SMILES string of the molecule is CC(=O)Nc1c(C(=O)c2ccccc2)[nH]c2cc([N+](=O)[O-])ccc12. The van der Waals surface area contributed by atoms with E-state index in [1.54, 1.807) is 30.3 Å². The topological polar surface area (TPSA) is 105 Å². The second-order valence-corrected chi connectivity index (χ2v) is 5.24. The minimum atomic E-state index is -0.517. The number of carbonyl (C=O) groups excluding carboxylic acids is 2. The fourth-order valence-electron chi connectivity index (χ4n) is 2.51. The Morgan fingerprint density at radius 2 is 1.83 bits per heavy atom. The Morgan fingerprint density at radius 3 is 2.46 bits per heavy atom. The third kappa shape index (κ3) is 2.74. The van der Waals surface area contributed by atoms with Gasteiger partial charge in [0.1, 0.15) is 5.69 Å². The summed E-state index contributed by atoms with van der Waals surface area (Å²) in [5.74, 6) is -0.644. The predicted molar refractivity (Wildman–Crippen MR) is 89.1 cm³/mol. The van der Waals surface area contributed by atoms with Gasteiger partial charge in [-0.05, 0) is 6.07 Å². The standard InChI is InChI=1S/C17H13N3O4/c1-10(21)18-15-13-8-7-12(20(23)24)9-14(13)19-16(15)17(22)11-5-3-2-4-6-11/h2-9,19H,1H3,(H,18,21). The molecule has 0 unspecified atom stereocenters. The fraction of sp³-hybridized carbons (Fsp3) is 0.0588. The number of nitrogens with zero attached hydrogens (tertiary/aromatic N) is 1. The van der Waals surface area contributed by atoms with E-state index in [9.17, 15) is 19.7 Å². The number of non-ortho nitro benzene ring substituents is 1. The van der Waals surface area contributed by atoms with Gasteiger partial charge in [0, 0.05) is 30.0 Å². The average molecular weight is 323 g/mol. The van der Waals surface area contributed by atoms with Gasteiger partial charge < -0.3 is 10.3 Å². The summed E-state index contributed by atoms with van der Waals surface area (Å²) in [6, 6.07) is 12.8. The number of hydrogen-bond donors (Lipinski definition) is 2. The van der Waals surface area contributed by atoms with Crippen LogP contribution in [0, 0.1) is 10.1 Å². The van der Waals surface area contributed by atoms with Crippen molar-refractivity contribution in [3.8, 4) is 0 Å². The lowest BCUT2D eigenvalue weighted by Gasteiger charge is -2.04. The molecule has 2 aromatic carbocycles. The van der Waals surface area contributed by atoms with Gasteiger partial charge in [0.05, 0.1) is 16.1 Å². The van der Waals surface area contributed by atoms with Gasteiger partial charge in [0.2, 0.25) is 11.7 Å². The molecule has 0 atom stereocenters. The molecule has 1 heterocycles. The summed E-state index contributed by atoms with van der Waals surface area (Å²) in [6.07, 6.45) is 0. The van der Waals surface area contributed by atoms with Crippen molar-refractivity contribution in [2.75, 3.05) is 5.32 Å². The number of aromatic amines is 1. The zero-order valence-corrected chi connectivity index (χ0v) is 12.7. The van der Waals surface area contributed by atoms with Gasteiger partial charge in [-0.25, -0.2) is 0 Å². The van der Waals surface area contributed by atoms with Crippen molar-refractivity contribution in [2.24, 2.45) is 0 Å². The number of nitrogens with one attached hydrogen (secondary N) is 2. The van der Waals surface area contributed by atoms with Crippen molar-refractivity contribution in [2.45, 2.75) is 6.92 Å². The normalized spacial score (nSPS) is 10.5. The number of benzene rings is 2. The second-order valence-electron chi connectivity index (χ2n) is 5.24. The molecule has 0 bridgehead atoms. The largest absolute Gasteiger partial charge is 0.350 e. The molecule has 7 nitrogen and oxygen atoms in total. The molecule has 3 rings (SSSR count). The number of ketones is 1. The first-order valence-corrected chi connectivity index (χ1v) is 7.15. The zero-order chi connectivity index (χ0) is 17.3. The maximum atomic E-state index is 12.7. The van der Waals surface area contributed by atoms with Crippen LogP contribution in [-0.2, 0) is 4.79 Å². The van der Waals surface area contributed by atoms with Gasteiger partial charge in [0.15, 0.2) is 0 Å². The maximum Gasteiger partial charge on any atom is 0.271 e. The monoisotopic (exact) mass is 323 g/mol. The third-order valence-corrected chi connectivity index (χ3v) is 3.56. The van der Waals surface area contributed by atoms with E-state index in [-0.39, 0.29) is 23.1 Å². The molecule has 1 aromatic heterocycles. The fourth-order valence-corrected chi connectivity index (χ4v) is 2.51. The molecule has 0 radical (unpaired) electrons. The summed E-state index contributed by atoms with van der Waals surface area (Å²) in [6.45, 7) is 1.33. The van der Waals surface area contributed by atoms with Crippen LogP contribution in [0.4, 0.5) is 11.4 Å². The molecular weight excluding hydrogens is 310 g/mol. The van der Waals surface area contributed by atoms with Crippen molar-refractivity contribution in [3.05, 3.63) is 69.9 Å². The highest BCUT2D eigenvalue weighted by molar-refractivity contribution is 6.18. The first-order chi connectivity index (χ1) is 11.5. The van der Waals surface area contributed by atoms with E-state index in [0.717, 1.165) is 0 Å². The Bertz CT molecular complexity index is 961. The molecule has 24 heavy (non-hydrogen) atoms. The van der Waals surface area contributed by atoms with Crippen LogP contribution < -0.4 is 5.32 Å². The van der Waals surface area contributed by atoms with Crippen molar-refractivity contribution in [1.29, 1.82) is 0 Å². The zero-order valence-electron chi connectivity index (χ0n) is 12.7. The van der Waals surface area contributed by atoms with E-state index in [0.29, 0.717) is 22.2 Å². The predicted octanol–water partition coefficient (Wildman–Crippen LogP) is 3.27. The molecule has 1 amide bonds. The highest BCUT2D eigenvalue weighted by Crippen LogP contribution is 2.31. The van der Waals surface area contributed by atoms with Crippen LogP contribution in [0.25, 0.3) is 10.9 Å². The Kier molecular flexibility index (Phi) is 3.83. The molecule has 7 heteroatoms. The number of anilines is 1. The number of carbonyl (C=O) groups is 2. The van der Waals surface area contributed by atoms with Gasteiger partial charge in [0.25, 0.3) is 5.69 Å². The smallest absolute Gasteiger partial charge is 0.271 e. The number of nitro groups is 1. The lowest BCUT2D eigenvalue weighted by Crippen LogP contribution is -2.11. The number of aromatic nitrogens is 1. The first-order valence-electron chi connectivity index (χ1n) is 7.15. The number of hydrogen-bond acceptors (Lipinski definition) is 4. The number of rotatable bonds is 4. The summed E-state index contributed by atoms with van der Waals surface area (Å²) in [5.41, 5.74) is 1.27. The van der Waals surface area contributed by atoms with E-state index < -0.39 is 4.92 Å². The molecule has 0 aliphatic heterocycles. The minimum absolute atomic E-state index is 0.100. The molecule has 0 fully saturated rings. The second kappa shape index (κ2) is 5.96. The highest BCUT2D eigenvalue weighted by Gasteiger charge is 2.21. The van der Waals surface area contributed by atoms with E-state index in [2.05, 4.69) is 10.3 Å². The minimum Gasteiger partial charge on any atom is -0.350 e. The molecular formula is C17H13N3O4. The van der Waals surface area contributed by atoms with Gasteiger partial charge in [-0.2, -0.15) is 0 Å². The maximum absolute atomic E-state index is 12.7. The summed E-state index contributed by atoms with van der Waals surface area (Å²) < 4.78 is 0. The number of amides is 1. The molecule has 0 spiro atoms. The van der Waals surface area contributed by atoms with E-state index in [4.69, 9.17) is 0 Å². The van der Waals surface area contributed by atoms with Crippen LogP contribution in [0.15, 0.2) is 48.5 Å². The Balaban J connectivity index is 2.20. The highest BCUT2D eigenvalue weighted by atomic mass is 16.6. The number of fused-ring (bicyclic) bond motifs is 1. The van der Waals surface area contributed by atoms with Gasteiger partial charge in [-0.15, -0.1) is 0 Å². The van der Waals surface area contributed by atoms with Gasteiger partial charge >= 0.3 is 0 Å². The average Bonchev–Trinajstić information content (AvgIpc) is 2.92. The summed E-state index contributed by atoms with van der Waals surface area (Å²) in [4.78, 5) is 37.5. The van der Waals surface area contributed by atoms with Crippen molar-refractivity contribution in [1.82, 2.24) is 4.98 Å². The summed E-state index contributed by atoms with van der Waals surface area (Å²) >= 11 is 0. The van der Waals surface area contributed by atoms with Crippen molar-refractivity contribution in [3.63, 3.8) is 0 Å². The van der Waals surface area contributed by atoms with Crippen LogP contribution in [0.3, 0.4) is 0 Å². The first kappa shape index (κ1) is 15.4. The van der Waals surface area contributed by atoms with Crippen LogP contribution >= 0.6 is 0 Å². The van der Waals surface area contributed by atoms with E-state index >= 15 is 0 Å². The Labute approximate surface area is 136 Å². The molecule has 2 N–H and O–H groups in total. The molecule has 0 aliphatic rings. The molecule has 3 aromatic rings. The van der Waals surface area contributed by atoms with E-state index in [1.165, 1.54) is 25.1 Å². The lowest BCUT2D eigenvalue weighted by atomic mass is 10.1. The van der Waals surface area contributed by atoms with Gasteiger partial charge in [-0.1, -0.05) is 30.3 Å². The van der Waals surface area contributed by atoms with Crippen LogP contribution in [0.2, 0.25) is 0 Å². The van der Waals surface area contributed by atoms with Crippen molar-refractivity contribution < 1.29 is 14.5 Å². The molecule has 0 saturated heterocycles. The molecule has 0 saturated carbocycles. The van der Waals surface area contributed by atoms with Crippen LogP contribution in [0.5, 0.6) is 0 Å². The number of H-pyrrole nitrogens is 1. The molecule has 120 valence electrons. The molecule has 0 aliphatic carbocycles.